The summed E-state index contributed by atoms with van der Waals surface area (Å²) in [5.74, 6) is -0.898. The predicted molar refractivity (Wildman–Crippen MR) is 131 cm³/mol. The summed E-state index contributed by atoms with van der Waals surface area (Å²) in [6, 6.07) is 16.1. The number of aliphatic carboxylic acids is 1. The van der Waals surface area contributed by atoms with Crippen molar-refractivity contribution in [2.24, 2.45) is 5.92 Å². The lowest BCUT2D eigenvalue weighted by atomic mass is 9.74. The third kappa shape index (κ3) is 4.90. The molecule has 0 heterocycles. The number of carbonyl (C=O) groups is 3. The van der Waals surface area contributed by atoms with Crippen molar-refractivity contribution < 1.29 is 24.2 Å². The highest BCUT2D eigenvalue weighted by molar-refractivity contribution is 5.81. The lowest BCUT2D eigenvalue weighted by Crippen LogP contribution is -2.56. The minimum absolute atomic E-state index is 0.0203. The molecule has 7 heteroatoms. The standard InChI is InChI=1S/C28H32N2O5/c31-25(30-28(13-6-14-28)16-26(32)33)15-24(18-7-5-8-18)29-27(34)35-17-23-21-11-3-1-9-19(21)20-10-2-4-12-22(20)23/h1-4,9-12,18,23-24H,5-8,13-17H2,(H,29,34)(H,30,31)(H,32,33). The number of hydrogen-bond donors (Lipinski definition) is 3. The Morgan fingerprint density at radius 2 is 1.60 bits per heavy atom. The second-order valence-electron chi connectivity index (χ2n) is 10.2. The molecule has 1 unspecified atom stereocenters. The highest BCUT2D eigenvalue weighted by atomic mass is 16.5. The maximum Gasteiger partial charge on any atom is 0.407 e. The molecular formula is C28H32N2O5. The number of amides is 2. The van der Waals surface area contributed by atoms with Crippen LogP contribution in [-0.4, -0.2) is 41.3 Å². The highest BCUT2D eigenvalue weighted by Crippen LogP contribution is 2.44. The van der Waals surface area contributed by atoms with Crippen LogP contribution in [0.1, 0.15) is 68.4 Å². The molecule has 3 aliphatic carbocycles. The van der Waals surface area contributed by atoms with Gasteiger partial charge in [0.2, 0.25) is 5.91 Å². The molecule has 0 bridgehead atoms. The molecule has 2 saturated carbocycles. The fraction of sp³-hybridized carbons (Fsp3) is 0.464. The monoisotopic (exact) mass is 476 g/mol. The summed E-state index contributed by atoms with van der Waals surface area (Å²) in [6.07, 6.45) is 4.83. The van der Waals surface area contributed by atoms with Crippen LogP contribution in [0.2, 0.25) is 0 Å². The molecule has 0 aromatic heterocycles. The number of ether oxygens (including phenoxy) is 1. The Morgan fingerprint density at radius 1 is 0.971 bits per heavy atom. The SMILES string of the molecule is O=C(O)CC1(NC(=O)CC(NC(=O)OCC2c3ccccc3-c3ccccc32)C2CCC2)CCC1. The number of carboxylic acids is 1. The second kappa shape index (κ2) is 9.72. The first-order valence-corrected chi connectivity index (χ1v) is 12.6. The molecule has 2 amide bonds. The molecule has 0 saturated heterocycles. The van der Waals surface area contributed by atoms with Crippen molar-refractivity contribution in [2.45, 2.75) is 68.9 Å². The number of fused-ring (bicyclic) bond motifs is 3. The molecule has 2 aromatic rings. The average molecular weight is 477 g/mol. The van der Waals surface area contributed by atoms with Gasteiger partial charge in [0.25, 0.3) is 0 Å². The average Bonchev–Trinajstić information content (AvgIpc) is 3.08. The molecule has 7 nitrogen and oxygen atoms in total. The van der Waals surface area contributed by atoms with Crippen LogP contribution in [0, 0.1) is 5.92 Å². The van der Waals surface area contributed by atoms with E-state index in [1.54, 1.807) is 0 Å². The largest absolute Gasteiger partial charge is 0.481 e. The Kier molecular flexibility index (Phi) is 6.50. The number of carbonyl (C=O) groups excluding carboxylic acids is 2. The molecular weight excluding hydrogens is 444 g/mol. The number of rotatable bonds is 9. The van der Waals surface area contributed by atoms with Crippen LogP contribution >= 0.6 is 0 Å². The van der Waals surface area contributed by atoms with Gasteiger partial charge in [-0.25, -0.2) is 4.79 Å². The summed E-state index contributed by atoms with van der Waals surface area (Å²) < 4.78 is 5.70. The molecule has 3 N–H and O–H groups in total. The lowest BCUT2D eigenvalue weighted by molar-refractivity contribution is -0.140. The summed E-state index contributed by atoms with van der Waals surface area (Å²) in [7, 11) is 0. The van der Waals surface area contributed by atoms with Crippen LogP contribution in [0.4, 0.5) is 4.79 Å². The normalized spacial score (nSPS) is 18.9. The fourth-order valence-corrected chi connectivity index (χ4v) is 5.75. The van der Waals surface area contributed by atoms with Gasteiger partial charge in [0.1, 0.15) is 6.61 Å². The van der Waals surface area contributed by atoms with Crippen molar-refractivity contribution in [1.29, 1.82) is 0 Å². The van der Waals surface area contributed by atoms with E-state index in [-0.39, 0.29) is 43.2 Å². The minimum atomic E-state index is -0.905. The molecule has 35 heavy (non-hydrogen) atoms. The maximum atomic E-state index is 12.8. The first kappa shape index (κ1) is 23.4. The second-order valence-corrected chi connectivity index (χ2v) is 10.2. The van der Waals surface area contributed by atoms with E-state index in [9.17, 15) is 19.5 Å². The first-order valence-electron chi connectivity index (χ1n) is 12.6. The number of benzene rings is 2. The first-order chi connectivity index (χ1) is 16.9. The third-order valence-corrected chi connectivity index (χ3v) is 7.98. The Morgan fingerprint density at radius 3 is 2.11 bits per heavy atom. The molecule has 184 valence electrons. The predicted octanol–water partition coefficient (Wildman–Crippen LogP) is 4.60. The molecule has 2 fully saturated rings. The molecule has 3 aliphatic rings. The van der Waals surface area contributed by atoms with Gasteiger partial charge in [-0.3, -0.25) is 9.59 Å². The van der Waals surface area contributed by atoms with Crippen molar-refractivity contribution in [1.82, 2.24) is 10.6 Å². The van der Waals surface area contributed by atoms with Crippen molar-refractivity contribution >= 4 is 18.0 Å². The van der Waals surface area contributed by atoms with E-state index in [4.69, 9.17) is 4.74 Å². The molecule has 2 aromatic carbocycles. The van der Waals surface area contributed by atoms with Gasteiger partial charge in [-0.2, -0.15) is 0 Å². The van der Waals surface area contributed by atoms with Gasteiger partial charge in [-0.05, 0) is 60.3 Å². The zero-order chi connectivity index (χ0) is 24.4. The zero-order valence-corrected chi connectivity index (χ0v) is 19.8. The van der Waals surface area contributed by atoms with Crippen molar-refractivity contribution in [2.75, 3.05) is 6.61 Å². The van der Waals surface area contributed by atoms with E-state index in [0.29, 0.717) is 12.8 Å². The van der Waals surface area contributed by atoms with Gasteiger partial charge in [0, 0.05) is 18.4 Å². The van der Waals surface area contributed by atoms with E-state index in [1.165, 1.54) is 11.1 Å². The van der Waals surface area contributed by atoms with E-state index in [2.05, 4.69) is 34.9 Å². The Hall–Kier alpha value is -3.35. The zero-order valence-electron chi connectivity index (χ0n) is 19.8. The molecule has 1 atom stereocenters. The van der Waals surface area contributed by atoms with Crippen LogP contribution < -0.4 is 10.6 Å². The molecule has 0 aliphatic heterocycles. The summed E-state index contributed by atoms with van der Waals surface area (Å²) in [4.78, 5) is 36.9. The van der Waals surface area contributed by atoms with E-state index >= 15 is 0 Å². The number of nitrogens with one attached hydrogen (secondary N) is 2. The summed E-state index contributed by atoms with van der Waals surface area (Å²) >= 11 is 0. The van der Waals surface area contributed by atoms with Crippen LogP contribution in [0.3, 0.4) is 0 Å². The van der Waals surface area contributed by atoms with E-state index in [1.807, 2.05) is 24.3 Å². The van der Waals surface area contributed by atoms with Crippen LogP contribution in [0.5, 0.6) is 0 Å². The Bertz CT molecular complexity index is 1080. The fourth-order valence-electron chi connectivity index (χ4n) is 5.75. The highest BCUT2D eigenvalue weighted by Gasteiger charge is 2.41. The van der Waals surface area contributed by atoms with Crippen molar-refractivity contribution in [3.05, 3.63) is 59.7 Å². The minimum Gasteiger partial charge on any atom is -0.481 e. The van der Waals surface area contributed by atoms with Crippen LogP contribution in [-0.2, 0) is 14.3 Å². The Balaban J connectivity index is 1.20. The number of carboxylic acid groups (broad SMARTS) is 1. The van der Waals surface area contributed by atoms with Crippen LogP contribution in [0.15, 0.2) is 48.5 Å². The summed E-state index contributed by atoms with van der Waals surface area (Å²) in [5, 5.41) is 15.1. The van der Waals surface area contributed by atoms with E-state index in [0.717, 1.165) is 36.8 Å². The van der Waals surface area contributed by atoms with Gasteiger partial charge in [-0.15, -0.1) is 0 Å². The topological polar surface area (TPSA) is 105 Å². The van der Waals surface area contributed by atoms with E-state index < -0.39 is 17.6 Å². The maximum absolute atomic E-state index is 12.8. The Labute approximate surface area is 205 Å². The summed E-state index contributed by atoms with van der Waals surface area (Å²) in [5.41, 5.74) is 4.01. The quantitative estimate of drug-likeness (QED) is 0.491. The lowest BCUT2D eigenvalue weighted by Gasteiger charge is -2.42. The molecule has 0 spiro atoms. The van der Waals surface area contributed by atoms with Crippen molar-refractivity contribution in [3.63, 3.8) is 0 Å². The third-order valence-electron chi connectivity index (χ3n) is 7.98. The smallest absolute Gasteiger partial charge is 0.407 e. The summed E-state index contributed by atoms with van der Waals surface area (Å²) in [6.45, 7) is 0.227. The van der Waals surface area contributed by atoms with Gasteiger partial charge >= 0.3 is 12.1 Å². The molecule has 0 radical (unpaired) electrons. The van der Waals surface area contributed by atoms with Gasteiger partial charge < -0.3 is 20.5 Å². The van der Waals surface area contributed by atoms with Gasteiger partial charge in [0.15, 0.2) is 0 Å². The van der Waals surface area contributed by atoms with Gasteiger partial charge in [0.05, 0.1) is 12.0 Å². The number of hydrogen-bond acceptors (Lipinski definition) is 4. The number of alkyl carbamates (subject to hydrolysis) is 1. The molecule has 5 rings (SSSR count). The van der Waals surface area contributed by atoms with Gasteiger partial charge in [-0.1, -0.05) is 55.0 Å². The van der Waals surface area contributed by atoms with Crippen molar-refractivity contribution in [3.8, 4) is 11.1 Å². The van der Waals surface area contributed by atoms with Crippen LogP contribution in [0.25, 0.3) is 11.1 Å².